The predicted octanol–water partition coefficient (Wildman–Crippen LogP) is 1.37. The highest BCUT2D eigenvalue weighted by Gasteiger charge is 2.15. The van der Waals surface area contributed by atoms with Crippen LogP contribution in [0.25, 0.3) is 0 Å². The molecule has 2 aromatic rings. The highest BCUT2D eigenvalue weighted by molar-refractivity contribution is 5.32. The molecule has 0 fully saturated rings. The quantitative estimate of drug-likeness (QED) is 0.629. The van der Waals surface area contributed by atoms with Gasteiger partial charge in [-0.25, -0.2) is 14.4 Å². The number of rotatable bonds is 5. The zero-order chi connectivity index (χ0) is 13.7. The molecule has 1 unspecified atom stereocenters. The van der Waals surface area contributed by atoms with Crippen molar-refractivity contribution in [3.63, 3.8) is 0 Å². The monoisotopic (exact) mass is 262 g/mol. The van der Waals surface area contributed by atoms with Crippen LogP contribution in [-0.2, 0) is 6.42 Å². The van der Waals surface area contributed by atoms with Crippen molar-refractivity contribution in [2.45, 2.75) is 12.5 Å². The number of ether oxygens (including phenoxy) is 1. The maximum Gasteiger partial charge on any atom is 0.168 e. The molecule has 0 spiro atoms. The van der Waals surface area contributed by atoms with E-state index in [1.165, 1.54) is 13.4 Å². The molecule has 3 N–H and O–H groups in total. The molecule has 5 nitrogen and oxygen atoms in total. The predicted molar refractivity (Wildman–Crippen MR) is 68.8 cm³/mol. The number of halogens is 1. The van der Waals surface area contributed by atoms with Gasteiger partial charge in [-0.05, 0) is 18.1 Å². The topological polar surface area (TPSA) is 73.1 Å². The Morgan fingerprint density at radius 3 is 2.74 bits per heavy atom. The number of benzene rings is 1. The zero-order valence-corrected chi connectivity index (χ0v) is 10.5. The summed E-state index contributed by atoms with van der Waals surface area (Å²) in [5, 5.41) is 0. The third-order valence-corrected chi connectivity index (χ3v) is 2.87. The van der Waals surface area contributed by atoms with Gasteiger partial charge in [0.25, 0.3) is 0 Å². The largest absolute Gasteiger partial charge is 0.494 e. The summed E-state index contributed by atoms with van der Waals surface area (Å²) in [6, 6.07) is 4.76. The Balaban J connectivity index is 2.24. The van der Waals surface area contributed by atoms with Crippen LogP contribution in [0.2, 0.25) is 0 Å². The summed E-state index contributed by atoms with van der Waals surface area (Å²) in [5.74, 6) is 5.36. The minimum Gasteiger partial charge on any atom is -0.494 e. The second kappa shape index (κ2) is 6.21. The van der Waals surface area contributed by atoms with E-state index in [4.69, 9.17) is 10.6 Å². The van der Waals surface area contributed by atoms with E-state index >= 15 is 0 Å². The number of methoxy groups -OCH3 is 1. The lowest BCUT2D eigenvalue weighted by molar-refractivity contribution is 0.382. The summed E-state index contributed by atoms with van der Waals surface area (Å²) in [7, 11) is 1.44. The molecule has 1 aromatic carbocycles. The number of hydrogen-bond acceptors (Lipinski definition) is 5. The van der Waals surface area contributed by atoms with Crippen molar-refractivity contribution in [2.75, 3.05) is 7.11 Å². The van der Waals surface area contributed by atoms with Gasteiger partial charge in [0.2, 0.25) is 0 Å². The Bertz CT molecular complexity index is 535. The molecule has 1 atom stereocenters. The number of nitrogens with two attached hydrogens (primary N) is 1. The Labute approximate surface area is 110 Å². The van der Waals surface area contributed by atoms with Gasteiger partial charge in [0.1, 0.15) is 6.33 Å². The Kier molecular flexibility index (Phi) is 4.38. The van der Waals surface area contributed by atoms with Gasteiger partial charge < -0.3 is 4.74 Å². The Hall–Kier alpha value is -2.05. The van der Waals surface area contributed by atoms with Gasteiger partial charge in [0, 0.05) is 18.0 Å². The van der Waals surface area contributed by atoms with Crippen LogP contribution in [0, 0.1) is 5.82 Å². The van der Waals surface area contributed by atoms with E-state index in [1.807, 2.05) is 0 Å². The Morgan fingerprint density at radius 2 is 2.11 bits per heavy atom. The average molecular weight is 262 g/mol. The zero-order valence-electron chi connectivity index (χ0n) is 10.5. The minimum atomic E-state index is -0.373. The number of aromatic nitrogens is 2. The number of nitrogens with one attached hydrogen (secondary N) is 1. The molecule has 0 radical (unpaired) electrons. The smallest absolute Gasteiger partial charge is 0.168 e. The maximum atomic E-state index is 14.1. The molecule has 1 aromatic heterocycles. The van der Waals surface area contributed by atoms with Gasteiger partial charge in [-0.3, -0.25) is 11.3 Å². The third kappa shape index (κ3) is 3.04. The molecule has 1 heterocycles. The molecule has 0 amide bonds. The summed E-state index contributed by atoms with van der Waals surface area (Å²) in [6.45, 7) is 0. The molecule has 0 aliphatic carbocycles. The molecule has 0 bridgehead atoms. The molecule has 0 saturated heterocycles. The first-order chi connectivity index (χ1) is 9.26. The molecule has 0 aliphatic heterocycles. The first-order valence-electron chi connectivity index (χ1n) is 5.78. The second-order valence-electron chi connectivity index (χ2n) is 4.03. The van der Waals surface area contributed by atoms with E-state index in [0.29, 0.717) is 12.0 Å². The van der Waals surface area contributed by atoms with Gasteiger partial charge >= 0.3 is 0 Å². The lowest BCUT2D eigenvalue weighted by Gasteiger charge is -2.16. The molecule has 6 heteroatoms. The Morgan fingerprint density at radius 1 is 1.37 bits per heavy atom. The van der Waals surface area contributed by atoms with Crippen molar-refractivity contribution in [1.29, 1.82) is 0 Å². The molecule has 0 aliphatic rings. The van der Waals surface area contributed by atoms with E-state index in [9.17, 15) is 4.39 Å². The van der Waals surface area contributed by atoms with Crippen LogP contribution in [-0.4, -0.2) is 17.1 Å². The van der Waals surface area contributed by atoms with Gasteiger partial charge in [-0.15, -0.1) is 0 Å². The summed E-state index contributed by atoms with van der Waals surface area (Å²) in [4.78, 5) is 7.85. The molecular weight excluding hydrogens is 247 g/mol. The molecule has 19 heavy (non-hydrogen) atoms. The highest BCUT2D eigenvalue weighted by Crippen LogP contribution is 2.24. The number of hydrazine groups is 1. The van der Waals surface area contributed by atoms with E-state index in [2.05, 4.69) is 15.4 Å². The minimum absolute atomic E-state index is 0.220. The van der Waals surface area contributed by atoms with Crippen LogP contribution >= 0.6 is 0 Å². The third-order valence-electron chi connectivity index (χ3n) is 2.87. The van der Waals surface area contributed by atoms with E-state index in [-0.39, 0.29) is 17.6 Å². The van der Waals surface area contributed by atoms with Gasteiger partial charge in [-0.2, -0.15) is 0 Å². The van der Waals surface area contributed by atoms with E-state index in [0.717, 1.165) is 5.56 Å². The van der Waals surface area contributed by atoms with Crippen LogP contribution < -0.4 is 16.0 Å². The molecular formula is C13H15FN4O. The van der Waals surface area contributed by atoms with Gasteiger partial charge in [0.05, 0.1) is 13.2 Å². The van der Waals surface area contributed by atoms with Crippen LogP contribution in [0.4, 0.5) is 4.39 Å². The summed E-state index contributed by atoms with van der Waals surface area (Å²) in [6.07, 6.45) is 5.11. The van der Waals surface area contributed by atoms with Crippen molar-refractivity contribution in [3.8, 4) is 5.75 Å². The molecule has 0 saturated carbocycles. The first kappa shape index (κ1) is 13.4. The van der Waals surface area contributed by atoms with Crippen molar-refractivity contribution in [1.82, 2.24) is 15.4 Å². The van der Waals surface area contributed by atoms with Crippen LogP contribution in [0.1, 0.15) is 17.2 Å². The maximum absolute atomic E-state index is 14.1. The highest BCUT2D eigenvalue weighted by atomic mass is 19.1. The summed E-state index contributed by atoms with van der Waals surface area (Å²) in [5.41, 5.74) is 3.96. The average Bonchev–Trinajstić information content (AvgIpc) is 2.47. The van der Waals surface area contributed by atoms with Crippen molar-refractivity contribution < 1.29 is 9.13 Å². The standard InChI is InChI=1S/C13H15FN4O/c1-19-12-4-2-3-9(13(12)14)5-11(18-15)10-6-16-8-17-7-10/h2-4,6-8,11,18H,5,15H2,1H3. The van der Waals surface area contributed by atoms with Crippen LogP contribution in [0.3, 0.4) is 0 Å². The first-order valence-corrected chi connectivity index (χ1v) is 5.78. The summed E-state index contributed by atoms with van der Waals surface area (Å²) < 4.78 is 19.0. The lowest BCUT2D eigenvalue weighted by Crippen LogP contribution is -2.30. The summed E-state index contributed by atoms with van der Waals surface area (Å²) >= 11 is 0. The fourth-order valence-electron chi connectivity index (χ4n) is 1.86. The van der Waals surface area contributed by atoms with Crippen LogP contribution in [0.15, 0.2) is 36.9 Å². The van der Waals surface area contributed by atoms with Gasteiger partial charge in [0.15, 0.2) is 11.6 Å². The fraction of sp³-hybridized carbons (Fsp3) is 0.231. The number of nitrogens with zero attached hydrogens (tertiary/aromatic N) is 2. The molecule has 100 valence electrons. The van der Waals surface area contributed by atoms with Crippen molar-refractivity contribution in [3.05, 3.63) is 53.9 Å². The van der Waals surface area contributed by atoms with E-state index < -0.39 is 0 Å². The lowest BCUT2D eigenvalue weighted by atomic mass is 10.0. The SMILES string of the molecule is COc1cccc(CC(NN)c2cncnc2)c1F. The number of hydrogen-bond donors (Lipinski definition) is 2. The van der Waals surface area contributed by atoms with Crippen LogP contribution in [0.5, 0.6) is 5.75 Å². The normalized spacial score (nSPS) is 12.2. The second-order valence-corrected chi connectivity index (χ2v) is 4.03. The van der Waals surface area contributed by atoms with Gasteiger partial charge in [-0.1, -0.05) is 12.1 Å². The fourth-order valence-corrected chi connectivity index (χ4v) is 1.86. The van der Waals surface area contributed by atoms with Crippen molar-refractivity contribution >= 4 is 0 Å². The van der Waals surface area contributed by atoms with E-state index in [1.54, 1.807) is 30.6 Å². The molecule has 2 rings (SSSR count). The van der Waals surface area contributed by atoms with Crippen molar-refractivity contribution in [2.24, 2.45) is 5.84 Å².